The average Bonchev–Trinajstić information content (AvgIpc) is 3.07. The van der Waals surface area contributed by atoms with Gasteiger partial charge in [0.25, 0.3) is 0 Å². The molecule has 6 N–H and O–H groups in total. The van der Waals surface area contributed by atoms with Crippen LogP contribution in [0.15, 0.2) is 78.1 Å². The first kappa shape index (κ1) is 35.9. The molecule has 49 heavy (non-hydrogen) atoms. The second-order valence-electron chi connectivity index (χ2n) is 14.2. The molecule has 0 unspecified atom stereocenters. The van der Waals surface area contributed by atoms with Gasteiger partial charge in [0.2, 0.25) is 0 Å². The number of nitrogens with two attached hydrogens (primary N) is 1. The van der Waals surface area contributed by atoms with Crippen molar-refractivity contribution in [2.24, 2.45) is 17.2 Å². The van der Waals surface area contributed by atoms with Crippen LogP contribution in [-0.4, -0.2) is 46.8 Å². The molecule has 4 atom stereocenters. The zero-order valence-electron chi connectivity index (χ0n) is 29.4. The van der Waals surface area contributed by atoms with Crippen LogP contribution >= 0.6 is 0 Å². The maximum Gasteiger partial charge on any atom is 0.165 e. The lowest BCUT2D eigenvalue weighted by molar-refractivity contribution is -0.187. The number of ether oxygens (including phenoxy) is 3. The van der Waals surface area contributed by atoms with Gasteiger partial charge in [0.15, 0.2) is 11.5 Å². The quantitative estimate of drug-likeness (QED) is 0.0615. The molecule has 0 spiro atoms. The summed E-state index contributed by atoms with van der Waals surface area (Å²) in [6, 6.07) is 17.6. The molecule has 1 heterocycles. The number of nitrogens with one attached hydrogen (secondary N) is 1. The Morgan fingerprint density at radius 3 is 2.41 bits per heavy atom. The number of rotatable bonds is 12. The molecule has 0 radical (unpaired) electrons. The van der Waals surface area contributed by atoms with E-state index in [0.29, 0.717) is 54.3 Å². The molecule has 0 saturated heterocycles. The molecular weight excluding hydrogens is 618 g/mol. The Labute approximate surface area is 290 Å². The number of nitrogens with zero attached hydrogens (tertiary/aromatic N) is 1. The van der Waals surface area contributed by atoms with E-state index in [1.807, 2.05) is 95.3 Å². The Kier molecular flexibility index (Phi) is 11.0. The van der Waals surface area contributed by atoms with Gasteiger partial charge in [0.05, 0.1) is 19.3 Å². The van der Waals surface area contributed by atoms with E-state index in [-0.39, 0.29) is 18.3 Å². The van der Waals surface area contributed by atoms with E-state index in [9.17, 15) is 15.3 Å². The van der Waals surface area contributed by atoms with E-state index in [4.69, 9.17) is 20.1 Å². The van der Waals surface area contributed by atoms with Gasteiger partial charge in [-0.15, -0.1) is 6.54 Å². The van der Waals surface area contributed by atoms with Crippen LogP contribution < -0.4 is 25.5 Å². The highest BCUT2D eigenvalue weighted by Crippen LogP contribution is 2.55. The van der Waals surface area contributed by atoms with Crippen molar-refractivity contribution in [1.82, 2.24) is 5.43 Å². The first-order chi connectivity index (χ1) is 23.3. The third-order valence-electron chi connectivity index (χ3n) is 9.83. The van der Waals surface area contributed by atoms with Gasteiger partial charge in [-0.1, -0.05) is 73.5 Å². The number of aliphatic hydroxyl groups excluding tert-OH is 2. The SMILES string of the molecule is COc1cc(/C=C/c2cc(O)c(CC=C(C)C)c(OC/C(=C/[N-]Cc3ccccc3)NN)c2)cc2c1O[C@]1(C)C[C@@H](O)[C@@H](O)C(C)(C)[C@H]1C2. The highest BCUT2D eigenvalue weighted by Gasteiger charge is 2.58. The Hall–Kier alpha value is -4.44. The number of fused-ring (bicyclic) bond motifs is 2. The lowest BCUT2D eigenvalue weighted by Gasteiger charge is -2.56. The number of benzene rings is 3. The Balaban J connectivity index is 1.40. The Morgan fingerprint density at radius 1 is 1.04 bits per heavy atom. The average molecular weight is 669 g/mol. The number of phenolic OH excluding ortho intramolecular Hbond substituents is 1. The molecule has 1 aliphatic heterocycles. The highest BCUT2D eigenvalue weighted by atomic mass is 16.5. The molecule has 9 nitrogen and oxygen atoms in total. The van der Waals surface area contributed by atoms with Gasteiger partial charge in [-0.25, -0.2) is 0 Å². The minimum atomic E-state index is -0.867. The fourth-order valence-electron chi connectivity index (χ4n) is 7.10. The number of hydrogen-bond donors (Lipinski definition) is 5. The fraction of sp³-hybridized carbons (Fsp3) is 0.400. The van der Waals surface area contributed by atoms with Crippen LogP contribution in [0.5, 0.6) is 23.0 Å². The number of hydrazine groups is 1. The predicted octanol–water partition coefficient (Wildman–Crippen LogP) is 6.80. The van der Waals surface area contributed by atoms with Gasteiger partial charge in [0, 0.05) is 29.0 Å². The second-order valence-corrected chi connectivity index (χ2v) is 14.2. The lowest BCUT2D eigenvalue weighted by atomic mass is 9.57. The largest absolute Gasteiger partial charge is 0.685 e. The smallest absolute Gasteiger partial charge is 0.165 e. The minimum absolute atomic E-state index is 0.0204. The Bertz CT molecular complexity index is 1710. The summed E-state index contributed by atoms with van der Waals surface area (Å²) in [5.74, 6) is 7.72. The van der Waals surface area contributed by atoms with Gasteiger partial charge in [-0.2, -0.15) is 6.20 Å². The molecule has 1 saturated carbocycles. The number of aliphatic hydroxyl groups is 2. The molecule has 2 aliphatic rings. The molecule has 9 heteroatoms. The van der Waals surface area contributed by atoms with Gasteiger partial charge in [-0.05, 0) is 74.6 Å². The summed E-state index contributed by atoms with van der Waals surface area (Å²) in [5, 5.41) is 37.2. The van der Waals surface area contributed by atoms with E-state index in [1.165, 1.54) is 0 Å². The molecule has 3 aromatic rings. The van der Waals surface area contributed by atoms with E-state index >= 15 is 0 Å². The summed E-state index contributed by atoms with van der Waals surface area (Å²) in [6.45, 7) is 10.7. The maximum absolute atomic E-state index is 11.1. The highest BCUT2D eigenvalue weighted by molar-refractivity contribution is 5.74. The van der Waals surface area contributed by atoms with E-state index in [0.717, 1.165) is 27.8 Å². The standard InChI is InChI=1S/C40H50N3O6/c1-25(2)12-15-31-32(44)17-28(18-34(31)48-24-30(43-41)23-42-22-26-10-8-7-9-11-26)14-13-27-16-29-20-36-39(3,4)38(46)33(45)21-40(36,5)49-37(29)35(19-27)47-6/h7-14,16-19,23,33,36,38,43-46H,15,20-22,24,41H2,1-6H3/q-1/b14-13+,30-23-/t33-,36-,38-,40-/m1/s1. The third-order valence-corrected chi connectivity index (χ3v) is 9.83. The van der Waals surface area contributed by atoms with Crippen molar-refractivity contribution in [2.75, 3.05) is 13.7 Å². The van der Waals surface area contributed by atoms with Crippen LogP contribution in [-0.2, 0) is 19.4 Å². The van der Waals surface area contributed by atoms with Gasteiger partial charge >= 0.3 is 0 Å². The van der Waals surface area contributed by atoms with Crippen LogP contribution in [0, 0.1) is 11.3 Å². The van der Waals surface area contributed by atoms with Crippen LogP contribution in [0.25, 0.3) is 17.5 Å². The third kappa shape index (κ3) is 8.07. The normalized spacial score (nSPS) is 22.8. The summed E-state index contributed by atoms with van der Waals surface area (Å²) in [7, 11) is 1.62. The van der Waals surface area contributed by atoms with Crippen LogP contribution in [0.3, 0.4) is 0 Å². The van der Waals surface area contributed by atoms with Gasteiger partial charge < -0.3 is 40.3 Å². The summed E-state index contributed by atoms with van der Waals surface area (Å²) in [5.41, 5.74) is 7.57. The molecule has 0 bridgehead atoms. The summed E-state index contributed by atoms with van der Waals surface area (Å²) in [4.78, 5) is 0. The molecule has 1 aliphatic carbocycles. The van der Waals surface area contributed by atoms with E-state index in [2.05, 4.69) is 16.8 Å². The van der Waals surface area contributed by atoms with Crippen molar-refractivity contribution < 1.29 is 29.5 Å². The first-order valence-corrected chi connectivity index (χ1v) is 16.8. The zero-order chi connectivity index (χ0) is 35.3. The second kappa shape index (κ2) is 15.0. The summed E-state index contributed by atoms with van der Waals surface area (Å²) < 4.78 is 18.6. The topological polar surface area (TPSA) is 141 Å². The molecule has 5 rings (SSSR count). The van der Waals surface area contributed by atoms with Crippen molar-refractivity contribution in [1.29, 1.82) is 0 Å². The number of hydrogen-bond acceptors (Lipinski definition) is 8. The monoisotopic (exact) mass is 668 g/mol. The molecule has 3 aromatic carbocycles. The molecular formula is C40H50N3O6-. The minimum Gasteiger partial charge on any atom is -0.685 e. The number of methoxy groups -OCH3 is 1. The summed E-state index contributed by atoms with van der Waals surface area (Å²) in [6.07, 6.45) is 7.39. The molecule has 1 fully saturated rings. The van der Waals surface area contributed by atoms with Crippen LogP contribution in [0.1, 0.15) is 68.9 Å². The summed E-state index contributed by atoms with van der Waals surface area (Å²) >= 11 is 0. The van der Waals surface area contributed by atoms with E-state index in [1.54, 1.807) is 19.4 Å². The predicted molar refractivity (Wildman–Crippen MR) is 194 cm³/mol. The molecule has 0 amide bonds. The van der Waals surface area contributed by atoms with Crippen molar-refractivity contribution in [3.63, 3.8) is 0 Å². The zero-order valence-corrected chi connectivity index (χ0v) is 29.4. The van der Waals surface area contributed by atoms with Crippen molar-refractivity contribution in [3.8, 4) is 23.0 Å². The Morgan fingerprint density at radius 2 is 1.73 bits per heavy atom. The fourth-order valence-corrected chi connectivity index (χ4v) is 7.10. The van der Waals surface area contributed by atoms with Crippen molar-refractivity contribution in [2.45, 2.75) is 78.2 Å². The molecule has 0 aromatic heterocycles. The van der Waals surface area contributed by atoms with Crippen molar-refractivity contribution in [3.05, 3.63) is 111 Å². The lowest BCUT2D eigenvalue weighted by Crippen LogP contribution is -2.63. The number of allylic oxidation sites excluding steroid dienone is 2. The number of aromatic hydroxyl groups is 1. The van der Waals surface area contributed by atoms with Gasteiger partial charge in [0.1, 0.15) is 23.7 Å². The number of phenols is 1. The maximum atomic E-state index is 11.1. The van der Waals surface area contributed by atoms with Crippen LogP contribution in [0.2, 0.25) is 0 Å². The van der Waals surface area contributed by atoms with Crippen molar-refractivity contribution >= 4 is 12.2 Å². The first-order valence-electron chi connectivity index (χ1n) is 16.8. The van der Waals surface area contributed by atoms with E-state index < -0.39 is 23.2 Å². The van der Waals surface area contributed by atoms with Gasteiger partial charge in [-0.3, -0.25) is 5.84 Å². The van der Waals surface area contributed by atoms with Crippen LogP contribution in [0.4, 0.5) is 0 Å². The molecule has 262 valence electrons.